The number of carbonyl (C=O) groups excluding carboxylic acids is 1. The fourth-order valence-electron chi connectivity index (χ4n) is 5.58. The highest BCUT2D eigenvalue weighted by atomic mass is 19.1. The number of para-hydroxylation sites is 1. The molecule has 2 saturated heterocycles. The molecule has 1 aromatic carbocycles. The maximum absolute atomic E-state index is 13.4. The van der Waals surface area contributed by atoms with Crippen molar-refractivity contribution in [1.82, 2.24) is 20.4 Å². The first-order valence-corrected chi connectivity index (χ1v) is 14.6. The molecule has 2 saturated carbocycles. The molecular weight excluding hydrogens is 483 g/mol. The minimum Gasteiger partial charge on any atom is -0.485 e. The van der Waals surface area contributed by atoms with E-state index in [1.54, 1.807) is 11.8 Å². The van der Waals surface area contributed by atoms with Crippen molar-refractivity contribution >= 4 is 5.91 Å². The maximum Gasteiger partial charge on any atom is 0.260 e. The second kappa shape index (κ2) is 13.0. The molecule has 0 bridgehead atoms. The van der Waals surface area contributed by atoms with Crippen molar-refractivity contribution in [3.63, 3.8) is 0 Å². The van der Waals surface area contributed by atoms with Gasteiger partial charge in [0, 0.05) is 25.4 Å². The van der Waals surface area contributed by atoms with Gasteiger partial charge in [0.15, 0.2) is 12.3 Å². The van der Waals surface area contributed by atoms with Gasteiger partial charge in [0.25, 0.3) is 5.91 Å². The van der Waals surface area contributed by atoms with Gasteiger partial charge < -0.3 is 19.5 Å². The average Bonchev–Trinajstić information content (AvgIpc) is 3.29. The van der Waals surface area contributed by atoms with Crippen molar-refractivity contribution < 1.29 is 18.4 Å². The molecule has 3 heterocycles. The Hall–Kier alpha value is -2.48. The van der Waals surface area contributed by atoms with Gasteiger partial charge in [0.2, 0.25) is 11.7 Å². The molecule has 1 aromatic heterocycles. The summed E-state index contributed by atoms with van der Waals surface area (Å²) in [6, 6.07) is 8.25. The van der Waals surface area contributed by atoms with Crippen molar-refractivity contribution in [2.45, 2.75) is 103 Å². The lowest BCUT2D eigenvalue weighted by molar-refractivity contribution is -0.150. The predicted octanol–water partition coefficient (Wildman–Crippen LogP) is 6.12. The van der Waals surface area contributed by atoms with Gasteiger partial charge in [-0.25, -0.2) is 4.39 Å². The maximum atomic E-state index is 13.4. The average molecular weight is 529 g/mol. The molecule has 2 aliphatic heterocycles. The fourth-order valence-corrected chi connectivity index (χ4v) is 5.58. The number of hydrogen-bond donors (Lipinski definition) is 1. The zero-order chi connectivity index (χ0) is 27.0. The Morgan fingerprint density at radius 3 is 2.34 bits per heavy atom. The number of hydrogen-bond acceptors (Lipinski definition) is 6. The Morgan fingerprint density at radius 2 is 1.76 bits per heavy atom. The van der Waals surface area contributed by atoms with Crippen molar-refractivity contribution in [2.24, 2.45) is 5.41 Å². The Morgan fingerprint density at radius 1 is 1.11 bits per heavy atom. The fraction of sp³-hybridized carbons (Fsp3) is 0.700. The molecule has 4 aliphatic rings. The molecule has 0 atom stereocenters. The van der Waals surface area contributed by atoms with E-state index in [9.17, 15) is 9.18 Å². The highest BCUT2D eigenvalue weighted by Gasteiger charge is 2.57. The molecule has 0 unspecified atom stereocenters. The monoisotopic (exact) mass is 528 g/mol. The number of likely N-dealkylation sites (tertiary alicyclic amines) is 1. The molecule has 4 fully saturated rings. The van der Waals surface area contributed by atoms with Gasteiger partial charge in [-0.15, -0.1) is 0 Å². The summed E-state index contributed by atoms with van der Waals surface area (Å²) in [6.45, 7) is 10.3. The summed E-state index contributed by atoms with van der Waals surface area (Å²) in [5.41, 5.74) is 0.246. The third kappa shape index (κ3) is 7.33. The lowest BCUT2D eigenvalue weighted by Crippen LogP contribution is -2.59. The van der Waals surface area contributed by atoms with Gasteiger partial charge in [-0.3, -0.25) is 4.79 Å². The van der Waals surface area contributed by atoms with E-state index in [2.05, 4.69) is 41.4 Å². The van der Waals surface area contributed by atoms with Crippen molar-refractivity contribution in [2.75, 3.05) is 26.2 Å². The smallest absolute Gasteiger partial charge is 0.260 e. The highest BCUT2D eigenvalue weighted by Crippen LogP contribution is 2.49. The molecule has 38 heavy (non-hydrogen) atoms. The zero-order valence-electron chi connectivity index (χ0n) is 23.4. The molecule has 7 nitrogen and oxygen atoms in total. The summed E-state index contributed by atoms with van der Waals surface area (Å²) in [6.07, 6.45) is 10.9. The standard InChI is InChI=1S/C15H19N3O2.C11H16FNO.C4H10/c1-11-17-15(18-20-11)10-19-14-5-3-2-4-13(14)12-6-8-16-9-7-12;12-11(5-6-11)9(14)13-7-10(8-13)3-1-2-4-10;1-3-4-2/h2-5,12,16H,6-10H2,1H3;1-8H2;3-4H2,1-2H3. The van der Waals surface area contributed by atoms with Crippen LogP contribution in [0.3, 0.4) is 0 Å². The van der Waals surface area contributed by atoms with E-state index in [0.717, 1.165) is 44.8 Å². The van der Waals surface area contributed by atoms with E-state index in [1.165, 1.54) is 44.1 Å². The Bertz CT molecular complexity index is 1020. The number of unbranched alkanes of at least 4 members (excludes halogenated alkanes) is 1. The molecule has 1 spiro atoms. The second-order valence-corrected chi connectivity index (χ2v) is 11.4. The van der Waals surface area contributed by atoms with Crippen molar-refractivity contribution in [3.05, 3.63) is 41.5 Å². The Labute approximate surface area is 226 Å². The normalized spacial score (nSPS) is 21.0. The molecule has 6 rings (SSSR count). The molecule has 2 aromatic rings. The van der Waals surface area contributed by atoms with Gasteiger partial charge in [-0.1, -0.05) is 62.9 Å². The summed E-state index contributed by atoms with van der Waals surface area (Å²) in [4.78, 5) is 17.5. The summed E-state index contributed by atoms with van der Waals surface area (Å²) < 4.78 is 24.3. The second-order valence-electron chi connectivity index (χ2n) is 11.4. The Balaban J connectivity index is 0.000000162. The lowest BCUT2D eigenvalue weighted by atomic mass is 9.78. The number of alkyl halides is 1. The van der Waals surface area contributed by atoms with E-state index in [1.807, 2.05) is 12.1 Å². The van der Waals surface area contributed by atoms with E-state index < -0.39 is 5.67 Å². The number of benzene rings is 1. The minimum absolute atomic E-state index is 0.227. The zero-order valence-corrected chi connectivity index (χ0v) is 23.4. The van der Waals surface area contributed by atoms with Gasteiger partial charge in [-0.2, -0.15) is 4.98 Å². The van der Waals surface area contributed by atoms with Crippen LogP contribution < -0.4 is 10.1 Å². The summed E-state index contributed by atoms with van der Waals surface area (Å²) in [7, 11) is 0. The molecule has 0 radical (unpaired) electrons. The quantitative estimate of drug-likeness (QED) is 0.486. The number of carbonyl (C=O) groups is 1. The number of rotatable bonds is 6. The van der Waals surface area contributed by atoms with Crippen LogP contribution in [0.2, 0.25) is 0 Å². The molecule has 1 N–H and O–H groups in total. The van der Waals surface area contributed by atoms with E-state index in [-0.39, 0.29) is 5.91 Å². The highest BCUT2D eigenvalue weighted by molar-refractivity contribution is 5.88. The van der Waals surface area contributed by atoms with Crippen LogP contribution in [0.15, 0.2) is 28.8 Å². The number of halogens is 1. The number of amides is 1. The van der Waals surface area contributed by atoms with Crippen molar-refractivity contribution in [1.29, 1.82) is 0 Å². The van der Waals surface area contributed by atoms with Gasteiger partial charge in [-0.05, 0) is 69.2 Å². The summed E-state index contributed by atoms with van der Waals surface area (Å²) in [5, 5.41) is 7.24. The van der Waals surface area contributed by atoms with Crippen LogP contribution in [-0.2, 0) is 11.4 Å². The van der Waals surface area contributed by atoms with Crippen LogP contribution in [0.25, 0.3) is 0 Å². The number of ether oxygens (including phenoxy) is 1. The van der Waals surface area contributed by atoms with Crippen LogP contribution in [-0.4, -0.2) is 52.8 Å². The molecule has 2 aliphatic carbocycles. The molecular formula is C30H45FN4O3. The van der Waals surface area contributed by atoms with Crippen LogP contribution >= 0.6 is 0 Å². The largest absolute Gasteiger partial charge is 0.485 e. The van der Waals surface area contributed by atoms with Crippen LogP contribution in [0, 0.1) is 12.3 Å². The third-order valence-corrected chi connectivity index (χ3v) is 8.20. The number of nitrogens with zero attached hydrogens (tertiary/aromatic N) is 3. The van der Waals surface area contributed by atoms with Crippen LogP contribution in [0.5, 0.6) is 5.75 Å². The number of aromatic nitrogens is 2. The number of piperidine rings is 1. The first-order chi connectivity index (χ1) is 18.4. The topological polar surface area (TPSA) is 80.5 Å². The summed E-state index contributed by atoms with van der Waals surface area (Å²) >= 11 is 0. The van der Waals surface area contributed by atoms with Crippen LogP contribution in [0.1, 0.15) is 101 Å². The summed E-state index contributed by atoms with van der Waals surface area (Å²) in [5.74, 6) is 2.43. The molecule has 1 amide bonds. The number of aryl methyl sites for hydroxylation is 1. The first kappa shape index (κ1) is 28.5. The lowest BCUT2D eigenvalue weighted by Gasteiger charge is -2.48. The molecule has 210 valence electrons. The van der Waals surface area contributed by atoms with E-state index in [0.29, 0.717) is 42.5 Å². The van der Waals surface area contributed by atoms with Gasteiger partial charge in [0.1, 0.15) is 5.75 Å². The van der Waals surface area contributed by atoms with E-state index in [4.69, 9.17) is 9.26 Å². The minimum atomic E-state index is -1.44. The van der Waals surface area contributed by atoms with Gasteiger partial charge >= 0.3 is 0 Å². The predicted molar refractivity (Wildman–Crippen MR) is 146 cm³/mol. The SMILES string of the molecule is CCCC.Cc1nc(COc2ccccc2C2CCNCC2)no1.O=C(N1CC2(CCCC2)C1)C1(F)CC1. The first-order valence-electron chi connectivity index (χ1n) is 14.6. The van der Waals surface area contributed by atoms with Crippen LogP contribution in [0.4, 0.5) is 4.39 Å². The molecule has 8 heteroatoms. The van der Waals surface area contributed by atoms with Crippen molar-refractivity contribution in [3.8, 4) is 5.75 Å². The van der Waals surface area contributed by atoms with E-state index >= 15 is 0 Å². The Kier molecular flexibility index (Phi) is 9.80. The third-order valence-electron chi connectivity index (χ3n) is 8.20. The number of nitrogens with one attached hydrogen (secondary N) is 1. The van der Waals surface area contributed by atoms with Gasteiger partial charge in [0.05, 0.1) is 0 Å².